The second-order valence-corrected chi connectivity index (χ2v) is 5.42. The molecule has 1 heterocycles. The second-order valence-electron chi connectivity index (χ2n) is 5.42. The van der Waals surface area contributed by atoms with Crippen LogP contribution in [0.4, 0.5) is 0 Å². The summed E-state index contributed by atoms with van der Waals surface area (Å²) in [6.45, 7) is 1.13. The summed E-state index contributed by atoms with van der Waals surface area (Å²) in [6, 6.07) is 0.671. The first kappa shape index (κ1) is 8.72. The molecule has 0 aromatic rings. The summed E-state index contributed by atoms with van der Waals surface area (Å²) in [5.41, 5.74) is 0.542. The van der Waals surface area contributed by atoms with Crippen LogP contribution >= 0.6 is 0 Å². The van der Waals surface area contributed by atoms with Crippen LogP contribution < -0.4 is 5.32 Å². The second kappa shape index (κ2) is 2.72. The number of amides is 1. The number of likely N-dealkylation sites (tertiary alicyclic amines) is 1. The van der Waals surface area contributed by atoms with Crippen LogP contribution in [0.5, 0.6) is 0 Å². The predicted molar refractivity (Wildman–Crippen MR) is 53.9 cm³/mol. The molecule has 1 N–H and O–H groups in total. The van der Waals surface area contributed by atoms with Crippen molar-refractivity contribution in [2.45, 2.75) is 44.2 Å². The molecule has 1 spiro atoms. The van der Waals surface area contributed by atoms with Crippen LogP contribution in [0.2, 0.25) is 0 Å². The van der Waals surface area contributed by atoms with E-state index in [4.69, 9.17) is 0 Å². The van der Waals surface area contributed by atoms with Crippen molar-refractivity contribution in [1.82, 2.24) is 10.2 Å². The third-order valence-corrected chi connectivity index (χ3v) is 3.93. The highest BCUT2D eigenvalue weighted by atomic mass is 16.2. The third kappa shape index (κ3) is 1.44. The standard InChI is InChI=1S/C11H18N2O/c1-13-7-11(4-5-11)6-9(13)10(14)12-8-2-3-8/h8-9H,2-7H2,1H3,(H,12,14). The summed E-state index contributed by atoms with van der Waals surface area (Å²) < 4.78 is 0. The topological polar surface area (TPSA) is 32.3 Å². The highest BCUT2D eigenvalue weighted by Gasteiger charge is 2.52. The predicted octanol–water partition coefficient (Wildman–Crippen LogP) is 0.749. The van der Waals surface area contributed by atoms with E-state index in [2.05, 4.69) is 17.3 Å². The van der Waals surface area contributed by atoms with Gasteiger partial charge in [-0.1, -0.05) is 0 Å². The average molecular weight is 194 g/mol. The van der Waals surface area contributed by atoms with Crippen molar-refractivity contribution >= 4 is 5.91 Å². The first-order valence-corrected chi connectivity index (χ1v) is 5.69. The summed E-state index contributed by atoms with van der Waals surface area (Å²) in [5, 5.41) is 3.11. The molecule has 3 aliphatic rings. The van der Waals surface area contributed by atoms with Gasteiger partial charge in [0.05, 0.1) is 6.04 Å². The lowest BCUT2D eigenvalue weighted by atomic mass is 10.0. The number of hydrogen-bond acceptors (Lipinski definition) is 2. The van der Waals surface area contributed by atoms with E-state index in [0.29, 0.717) is 11.5 Å². The van der Waals surface area contributed by atoms with Crippen molar-refractivity contribution in [2.24, 2.45) is 5.41 Å². The van der Waals surface area contributed by atoms with Crippen LogP contribution in [-0.4, -0.2) is 36.5 Å². The summed E-state index contributed by atoms with van der Waals surface area (Å²) in [4.78, 5) is 14.1. The van der Waals surface area contributed by atoms with Crippen LogP contribution in [0.3, 0.4) is 0 Å². The lowest BCUT2D eigenvalue weighted by Gasteiger charge is -2.18. The Morgan fingerprint density at radius 2 is 2.14 bits per heavy atom. The Morgan fingerprint density at radius 3 is 2.64 bits per heavy atom. The Kier molecular flexibility index (Phi) is 1.69. The molecule has 1 aliphatic heterocycles. The molecule has 0 aromatic heterocycles. The number of hydrogen-bond donors (Lipinski definition) is 1. The fourth-order valence-corrected chi connectivity index (χ4v) is 2.63. The highest BCUT2D eigenvalue weighted by molar-refractivity contribution is 5.82. The van der Waals surface area contributed by atoms with Gasteiger partial charge in [-0.05, 0) is 44.6 Å². The third-order valence-electron chi connectivity index (χ3n) is 3.93. The van der Waals surface area contributed by atoms with Gasteiger partial charge in [0, 0.05) is 12.6 Å². The normalized spacial score (nSPS) is 34.8. The minimum absolute atomic E-state index is 0.165. The molecule has 2 saturated carbocycles. The fraction of sp³-hybridized carbons (Fsp3) is 0.909. The lowest BCUT2D eigenvalue weighted by molar-refractivity contribution is -0.125. The van der Waals surface area contributed by atoms with Gasteiger partial charge in [0.15, 0.2) is 0 Å². The fourth-order valence-electron chi connectivity index (χ4n) is 2.63. The van der Waals surface area contributed by atoms with Crippen LogP contribution in [-0.2, 0) is 4.79 Å². The maximum absolute atomic E-state index is 11.9. The van der Waals surface area contributed by atoms with Crippen molar-refractivity contribution < 1.29 is 4.79 Å². The van der Waals surface area contributed by atoms with Crippen molar-refractivity contribution in [3.8, 4) is 0 Å². The molecule has 78 valence electrons. The maximum atomic E-state index is 11.9. The molecule has 3 heteroatoms. The zero-order valence-corrected chi connectivity index (χ0v) is 8.75. The molecule has 3 fully saturated rings. The van der Waals surface area contributed by atoms with E-state index < -0.39 is 0 Å². The van der Waals surface area contributed by atoms with Gasteiger partial charge >= 0.3 is 0 Å². The van der Waals surface area contributed by atoms with Crippen LogP contribution in [0, 0.1) is 5.41 Å². The van der Waals surface area contributed by atoms with Crippen LogP contribution in [0.25, 0.3) is 0 Å². The Bertz CT molecular complexity index is 268. The molecule has 0 bridgehead atoms. The molecule has 0 radical (unpaired) electrons. The summed E-state index contributed by atoms with van der Waals surface area (Å²) >= 11 is 0. The zero-order valence-electron chi connectivity index (χ0n) is 8.75. The SMILES string of the molecule is CN1CC2(CC2)CC1C(=O)NC1CC1. The maximum Gasteiger partial charge on any atom is 0.237 e. The minimum atomic E-state index is 0.165. The largest absolute Gasteiger partial charge is 0.352 e. The van der Waals surface area contributed by atoms with E-state index in [1.54, 1.807) is 0 Å². The van der Waals surface area contributed by atoms with E-state index in [9.17, 15) is 4.79 Å². The number of rotatable bonds is 2. The van der Waals surface area contributed by atoms with Crippen LogP contribution in [0.1, 0.15) is 32.1 Å². The van der Waals surface area contributed by atoms with Gasteiger partial charge in [-0.25, -0.2) is 0 Å². The molecule has 1 amide bonds. The Morgan fingerprint density at radius 1 is 1.43 bits per heavy atom. The van der Waals surface area contributed by atoms with Crippen molar-refractivity contribution in [2.75, 3.05) is 13.6 Å². The van der Waals surface area contributed by atoms with Crippen molar-refractivity contribution in [3.05, 3.63) is 0 Å². The van der Waals surface area contributed by atoms with Gasteiger partial charge in [0.1, 0.15) is 0 Å². The molecule has 3 rings (SSSR count). The zero-order chi connectivity index (χ0) is 9.76. The van der Waals surface area contributed by atoms with Gasteiger partial charge in [-0.2, -0.15) is 0 Å². The molecule has 3 nitrogen and oxygen atoms in total. The number of carbonyl (C=O) groups is 1. The molecule has 1 saturated heterocycles. The molecule has 1 atom stereocenters. The number of likely N-dealkylation sites (N-methyl/N-ethyl adjacent to an activating group) is 1. The monoisotopic (exact) mass is 194 g/mol. The average Bonchev–Trinajstić information content (AvgIpc) is 2.98. The van der Waals surface area contributed by atoms with E-state index in [1.807, 2.05) is 0 Å². The van der Waals surface area contributed by atoms with Crippen molar-refractivity contribution in [1.29, 1.82) is 0 Å². The minimum Gasteiger partial charge on any atom is -0.352 e. The molecular formula is C11H18N2O. The Labute approximate surface area is 84.8 Å². The lowest BCUT2D eigenvalue weighted by Crippen LogP contribution is -2.42. The number of carbonyl (C=O) groups excluding carboxylic acids is 1. The van der Waals surface area contributed by atoms with Gasteiger partial charge < -0.3 is 5.32 Å². The summed E-state index contributed by atoms with van der Waals surface area (Å²) in [6.07, 6.45) is 6.15. The molecular weight excluding hydrogens is 176 g/mol. The number of nitrogens with zero attached hydrogens (tertiary/aromatic N) is 1. The van der Waals surface area contributed by atoms with Crippen LogP contribution in [0.15, 0.2) is 0 Å². The van der Waals surface area contributed by atoms with Gasteiger partial charge in [0.2, 0.25) is 5.91 Å². The quantitative estimate of drug-likeness (QED) is 0.703. The first-order chi connectivity index (χ1) is 6.69. The Hall–Kier alpha value is -0.570. The molecule has 14 heavy (non-hydrogen) atoms. The van der Waals surface area contributed by atoms with Gasteiger partial charge in [0.25, 0.3) is 0 Å². The smallest absolute Gasteiger partial charge is 0.237 e. The first-order valence-electron chi connectivity index (χ1n) is 5.69. The van der Waals surface area contributed by atoms with E-state index in [1.165, 1.54) is 25.7 Å². The summed E-state index contributed by atoms with van der Waals surface area (Å²) in [7, 11) is 2.09. The van der Waals surface area contributed by atoms with Gasteiger partial charge in [-0.3, -0.25) is 9.69 Å². The van der Waals surface area contributed by atoms with Gasteiger partial charge in [-0.15, -0.1) is 0 Å². The van der Waals surface area contributed by atoms with E-state index in [0.717, 1.165) is 13.0 Å². The summed E-state index contributed by atoms with van der Waals surface area (Å²) in [5.74, 6) is 0.277. The molecule has 1 unspecified atom stereocenters. The molecule has 2 aliphatic carbocycles. The molecule has 0 aromatic carbocycles. The highest BCUT2D eigenvalue weighted by Crippen LogP contribution is 2.54. The van der Waals surface area contributed by atoms with Crippen molar-refractivity contribution in [3.63, 3.8) is 0 Å². The number of nitrogens with one attached hydrogen (secondary N) is 1. The van der Waals surface area contributed by atoms with E-state index in [-0.39, 0.29) is 11.9 Å². The van der Waals surface area contributed by atoms with E-state index >= 15 is 0 Å². The Balaban J connectivity index is 1.62.